The van der Waals surface area contributed by atoms with Gasteiger partial charge in [0.2, 0.25) is 0 Å². The molecule has 2 aliphatic rings. The Balaban J connectivity index is 0.000000810. The van der Waals surface area contributed by atoms with Crippen LogP contribution in [0.25, 0.3) is 22.6 Å². The second-order valence-corrected chi connectivity index (χ2v) is 3.42. The number of nitrogens with zero attached hydrogens (tertiary/aromatic N) is 1. The van der Waals surface area contributed by atoms with Gasteiger partial charge in [0.15, 0.2) is 16.7 Å². The molecule has 5 nitrogen and oxygen atoms in total. The van der Waals surface area contributed by atoms with Crippen molar-refractivity contribution in [1.29, 1.82) is 0 Å². The normalized spacial score (nSPS) is 9.78. The van der Waals surface area contributed by atoms with Gasteiger partial charge in [-0.1, -0.05) is 6.07 Å². The van der Waals surface area contributed by atoms with E-state index in [2.05, 4.69) is 6.07 Å². The number of hydrogen-bond donors (Lipinski definition) is 0. The Morgan fingerprint density at radius 3 is 2.83 bits per heavy atom. The summed E-state index contributed by atoms with van der Waals surface area (Å²) in [6.07, 6.45) is 0. The average Bonchev–Trinajstić information content (AvgIpc) is 2.29. The average molecular weight is 252 g/mol. The van der Waals surface area contributed by atoms with Gasteiger partial charge in [0.25, 0.3) is 5.69 Å². The Bertz CT molecular complexity index is 710. The van der Waals surface area contributed by atoms with E-state index in [-0.39, 0.29) is 46.2 Å². The minimum atomic E-state index is -0.185. The molecule has 0 atom stereocenters. The quantitative estimate of drug-likeness (QED) is 0.155. The van der Waals surface area contributed by atoms with Crippen LogP contribution in [-0.2, 0) is 0 Å². The van der Waals surface area contributed by atoms with Gasteiger partial charge in [-0.2, -0.15) is 16.9 Å². The van der Waals surface area contributed by atoms with E-state index in [4.69, 9.17) is 4.42 Å². The van der Waals surface area contributed by atoms with Crippen LogP contribution in [0, 0.1) is 11.3 Å². The van der Waals surface area contributed by atoms with Gasteiger partial charge in [0.05, 0.1) is 5.58 Å². The summed E-state index contributed by atoms with van der Waals surface area (Å²) in [4.78, 5) is 11.2. The van der Waals surface area contributed by atoms with E-state index in [1.165, 1.54) is 18.2 Å². The molecule has 0 amide bonds. The van der Waals surface area contributed by atoms with Crippen LogP contribution in [0.2, 0.25) is 0 Å². The molecule has 0 radical (unpaired) electrons. The second-order valence-electron chi connectivity index (χ2n) is 3.42. The Kier molecular flexibility index (Phi) is 4.48. The first-order valence-corrected chi connectivity index (χ1v) is 4.72. The van der Waals surface area contributed by atoms with Gasteiger partial charge in [-0.15, -0.1) is 6.07 Å². The van der Waals surface area contributed by atoms with Crippen LogP contribution in [-0.4, -0.2) is 5.48 Å². The molecule has 0 saturated heterocycles. The molecular formula is C12H7NNaO4-. The molecule has 1 aromatic carbocycles. The van der Waals surface area contributed by atoms with E-state index < -0.39 is 0 Å². The Morgan fingerprint density at radius 1 is 1.28 bits per heavy atom. The topological polar surface area (TPSA) is 87.2 Å². The van der Waals surface area contributed by atoms with E-state index in [1.807, 2.05) is 0 Å². The van der Waals surface area contributed by atoms with Crippen LogP contribution in [0.3, 0.4) is 0 Å². The molecule has 1 aliphatic carbocycles. The first kappa shape index (κ1) is 14.7. The zero-order chi connectivity index (χ0) is 11.1. The van der Waals surface area contributed by atoms with Crippen molar-refractivity contribution in [2.75, 3.05) is 0 Å². The molecule has 0 unspecified atom stereocenters. The summed E-state index contributed by atoms with van der Waals surface area (Å²) in [5.41, 5.74) is 0.995. The van der Waals surface area contributed by atoms with Crippen LogP contribution >= 0.6 is 0 Å². The van der Waals surface area contributed by atoms with Crippen LogP contribution in [0.15, 0.2) is 45.6 Å². The summed E-state index contributed by atoms with van der Waals surface area (Å²) in [5, 5.41) is 11.9. The van der Waals surface area contributed by atoms with Gasteiger partial charge in [0, 0.05) is 12.1 Å². The van der Waals surface area contributed by atoms with Crippen molar-refractivity contribution in [3.8, 4) is 11.5 Å². The molecule has 0 bridgehead atoms. The first-order valence-electron chi connectivity index (χ1n) is 4.72. The van der Waals surface area contributed by atoms with Crippen LogP contribution in [0.5, 0.6) is 0 Å². The first-order chi connectivity index (χ1) is 7.75. The summed E-state index contributed by atoms with van der Waals surface area (Å²) in [5.74, 6) is 0.287. The molecule has 0 aromatic heterocycles. The molecular weight excluding hydrogens is 245 g/mol. The van der Waals surface area contributed by atoms with E-state index >= 15 is 0 Å². The van der Waals surface area contributed by atoms with Crippen LogP contribution in [0.1, 0.15) is 0 Å². The van der Waals surface area contributed by atoms with Crippen LogP contribution < -0.4 is 39.7 Å². The number of hydrogen-bond acceptors (Lipinski definition) is 4. The molecule has 18 heavy (non-hydrogen) atoms. The molecule has 0 saturated carbocycles. The zero-order valence-corrected chi connectivity index (χ0v) is 11.6. The smallest absolute Gasteiger partial charge is 0.870 e. The summed E-state index contributed by atoms with van der Waals surface area (Å²) in [6.45, 7) is 0. The monoisotopic (exact) mass is 252 g/mol. The summed E-state index contributed by atoms with van der Waals surface area (Å²) >= 11 is 0. The van der Waals surface area contributed by atoms with Crippen LogP contribution in [0.4, 0.5) is 0 Å². The number of rotatable bonds is 0. The Hall–Kier alpha value is -1.40. The standard InChI is InChI=1S/C12H6NO3.Na.H2O/c14-8-5-6-10-12(7-8)16-11-4-2-1-3-9(11)13(10)15;;/h1,3-7H;;1H2/q-1;+1;/p-1. The maximum absolute atomic E-state index is 11.9. The van der Waals surface area contributed by atoms with Gasteiger partial charge in [-0.3, -0.25) is 4.79 Å². The van der Waals surface area contributed by atoms with Gasteiger partial charge in [0.1, 0.15) is 0 Å². The molecule has 1 N–H and O–H groups in total. The third-order valence-electron chi connectivity index (χ3n) is 2.39. The fraction of sp³-hybridized carbons (Fsp3) is 0. The molecule has 0 spiro atoms. The van der Waals surface area contributed by atoms with Gasteiger partial charge < -0.3 is 15.1 Å². The second kappa shape index (κ2) is 5.49. The minimum Gasteiger partial charge on any atom is -0.870 e. The molecule has 6 heteroatoms. The molecule has 0 fully saturated rings. The third kappa shape index (κ3) is 2.26. The van der Waals surface area contributed by atoms with E-state index in [1.54, 1.807) is 18.2 Å². The molecule has 1 aliphatic heterocycles. The van der Waals surface area contributed by atoms with Crippen molar-refractivity contribution in [1.82, 2.24) is 0 Å². The van der Waals surface area contributed by atoms with Gasteiger partial charge >= 0.3 is 29.6 Å². The van der Waals surface area contributed by atoms with Gasteiger partial charge in [-0.05, 0) is 6.07 Å². The van der Waals surface area contributed by atoms with Crippen molar-refractivity contribution >= 4 is 11.1 Å². The minimum absolute atomic E-state index is 0. The maximum Gasteiger partial charge on any atom is 1.00 e. The van der Waals surface area contributed by atoms with Gasteiger partial charge in [-0.25, -0.2) is 0 Å². The summed E-state index contributed by atoms with van der Waals surface area (Å²) in [6, 6.07) is 11.8. The largest absolute Gasteiger partial charge is 1.00 e. The third-order valence-corrected chi connectivity index (χ3v) is 2.39. The van der Waals surface area contributed by atoms with E-state index in [0.717, 1.165) is 4.73 Å². The number of fused-ring (bicyclic) bond motifs is 2. The van der Waals surface area contributed by atoms with Crippen molar-refractivity contribution in [2.45, 2.75) is 0 Å². The predicted molar refractivity (Wildman–Crippen MR) is 58.8 cm³/mol. The van der Waals surface area contributed by atoms with E-state index in [0.29, 0.717) is 16.8 Å². The van der Waals surface area contributed by atoms with Crippen molar-refractivity contribution in [3.05, 3.63) is 57.9 Å². The SMILES string of the molecule is O=c1ccc2[n+]([O-])c3cc[c-]cc3oc-2c1.[Na+].[OH-]. The Morgan fingerprint density at radius 2 is 2.06 bits per heavy atom. The van der Waals surface area contributed by atoms with Crippen molar-refractivity contribution in [2.24, 2.45) is 0 Å². The van der Waals surface area contributed by atoms with Crippen molar-refractivity contribution in [3.63, 3.8) is 0 Å². The molecule has 3 rings (SSSR count). The zero-order valence-electron chi connectivity index (χ0n) is 9.58. The number of benzene rings is 2. The molecule has 86 valence electrons. The Labute approximate surface area is 124 Å². The maximum atomic E-state index is 11.9. The summed E-state index contributed by atoms with van der Waals surface area (Å²) in [7, 11) is 0. The molecule has 1 aromatic rings. The fourth-order valence-corrected chi connectivity index (χ4v) is 1.65. The van der Waals surface area contributed by atoms with E-state index in [9.17, 15) is 10.0 Å². The fourth-order valence-electron chi connectivity index (χ4n) is 1.65. The van der Waals surface area contributed by atoms with Crippen molar-refractivity contribution < 1.29 is 44.2 Å². The number of aromatic nitrogens is 1. The molecule has 1 heterocycles. The summed E-state index contributed by atoms with van der Waals surface area (Å²) < 4.78 is 6.21. The predicted octanol–water partition coefficient (Wildman–Crippen LogP) is -1.84.